The van der Waals surface area contributed by atoms with E-state index in [2.05, 4.69) is 46.9 Å². The molecule has 1 aromatic rings. The summed E-state index contributed by atoms with van der Waals surface area (Å²) in [5.74, 6) is -0.670. The number of nitrogens with one attached hydrogen (secondary N) is 1. The molecule has 0 unspecified atom stereocenters. The summed E-state index contributed by atoms with van der Waals surface area (Å²) < 4.78 is 5.17. The lowest BCUT2D eigenvalue weighted by Crippen LogP contribution is -2.26. The Morgan fingerprint density at radius 1 is 1.07 bits per heavy atom. The van der Waals surface area contributed by atoms with Gasteiger partial charge in [0, 0.05) is 13.0 Å². The predicted octanol–water partition coefficient (Wildman–Crippen LogP) is 3.17. The van der Waals surface area contributed by atoms with Crippen molar-refractivity contribution in [1.82, 2.24) is 5.32 Å². The lowest BCUT2D eigenvalue weighted by molar-refractivity contribution is -0.143. The second-order valence-electron chi connectivity index (χ2n) is 9.02. The average Bonchev–Trinajstić information content (AvgIpc) is 2.58. The van der Waals surface area contributed by atoms with Crippen molar-refractivity contribution in [2.75, 3.05) is 13.2 Å². The van der Waals surface area contributed by atoms with E-state index in [1.165, 1.54) is 0 Å². The second-order valence-corrected chi connectivity index (χ2v) is 9.02. The zero-order chi connectivity index (χ0) is 21.5. The molecular weight excluding hydrogens is 358 g/mol. The molecule has 6 heteroatoms. The van der Waals surface area contributed by atoms with Crippen LogP contribution in [-0.2, 0) is 36.4 Å². The maximum Gasteiger partial charge on any atom is 0.306 e. The van der Waals surface area contributed by atoms with Crippen LogP contribution >= 0.6 is 0 Å². The van der Waals surface area contributed by atoms with Crippen molar-refractivity contribution in [1.29, 1.82) is 0 Å². The molecule has 1 aromatic carbocycles. The fourth-order valence-corrected chi connectivity index (χ4v) is 2.81. The number of ether oxygens (including phenoxy) is 1. The number of phenolic OH excluding ortho intramolecular Hbond substituents is 1. The Labute approximate surface area is 167 Å². The van der Waals surface area contributed by atoms with Crippen LogP contribution in [0.3, 0.4) is 0 Å². The Hall–Kier alpha value is -2.37. The van der Waals surface area contributed by atoms with Gasteiger partial charge in [0.05, 0.1) is 6.61 Å². The van der Waals surface area contributed by atoms with Gasteiger partial charge in [-0.2, -0.15) is 0 Å². The summed E-state index contributed by atoms with van der Waals surface area (Å²) >= 11 is 0. The summed E-state index contributed by atoms with van der Waals surface area (Å²) in [5.41, 5.74) is 2.30. The van der Waals surface area contributed by atoms with Gasteiger partial charge in [0.15, 0.2) is 0 Å². The largest absolute Gasteiger partial charge is 0.507 e. The quantitative estimate of drug-likeness (QED) is 0.307. The third kappa shape index (κ3) is 7.33. The minimum Gasteiger partial charge on any atom is -0.507 e. The van der Waals surface area contributed by atoms with Crippen LogP contribution in [0.2, 0.25) is 0 Å². The highest BCUT2D eigenvalue weighted by molar-refractivity contribution is 6.23. The van der Waals surface area contributed by atoms with E-state index < -0.39 is 5.91 Å². The third-order valence-corrected chi connectivity index (χ3v) is 4.39. The number of hydrogen-bond donors (Lipinski definition) is 2. The number of amides is 1. The van der Waals surface area contributed by atoms with Gasteiger partial charge in [0.2, 0.25) is 6.29 Å². The smallest absolute Gasteiger partial charge is 0.306 e. The molecule has 28 heavy (non-hydrogen) atoms. The van der Waals surface area contributed by atoms with Crippen LogP contribution in [0.25, 0.3) is 0 Å². The van der Waals surface area contributed by atoms with Crippen molar-refractivity contribution in [3.8, 4) is 5.75 Å². The topological polar surface area (TPSA) is 92.7 Å². The number of benzene rings is 1. The van der Waals surface area contributed by atoms with Gasteiger partial charge >= 0.3 is 5.97 Å². The van der Waals surface area contributed by atoms with Crippen LogP contribution in [0.5, 0.6) is 5.75 Å². The number of phenols is 1. The first-order valence-corrected chi connectivity index (χ1v) is 9.61. The number of carbonyl (C=O) groups is 3. The summed E-state index contributed by atoms with van der Waals surface area (Å²) in [6.07, 6.45) is 1.42. The van der Waals surface area contributed by atoms with Crippen molar-refractivity contribution < 1.29 is 24.2 Å². The highest BCUT2D eigenvalue weighted by atomic mass is 16.5. The molecule has 0 radical (unpaired) electrons. The van der Waals surface area contributed by atoms with Crippen molar-refractivity contribution in [2.45, 2.75) is 71.6 Å². The number of hydrogen-bond acceptors (Lipinski definition) is 5. The number of aldehydes is 1. The highest BCUT2D eigenvalue weighted by Gasteiger charge is 2.26. The zero-order valence-corrected chi connectivity index (χ0v) is 17.8. The van der Waals surface area contributed by atoms with E-state index in [0.717, 1.165) is 16.7 Å². The molecule has 0 saturated heterocycles. The van der Waals surface area contributed by atoms with Gasteiger partial charge in [-0.1, -0.05) is 53.7 Å². The van der Waals surface area contributed by atoms with E-state index in [1.54, 1.807) is 0 Å². The van der Waals surface area contributed by atoms with Gasteiger partial charge in [-0.05, 0) is 40.4 Å². The fourth-order valence-electron chi connectivity index (χ4n) is 2.81. The Balaban J connectivity index is 2.72. The minimum absolute atomic E-state index is 0.189. The first-order valence-electron chi connectivity index (χ1n) is 9.61. The van der Waals surface area contributed by atoms with Crippen LogP contribution in [0, 0.1) is 0 Å². The third-order valence-electron chi connectivity index (χ3n) is 4.39. The Bertz CT molecular complexity index is 676. The highest BCUT2D eigenvalue weighted by Crippen LogP contribution is 2.39. The minimum atomic E-state index is -0.678. The normalized spacial score (nSPS) is 11.8. The number of aromatic hydroxyl groups is 1. The number of rotatable bonds is 8. The first kappa shape index (κ1) is 23.7. The molecule has 0 bridgehead atoms. The Morgan fingerprint density at radius 2 is 1.61 bits per heavy atom. The molecule has 0 heterocycles. The molecule has 0 aliphatic rings. The first-order chi connectivity index (χ1) is 12.9. The number of carbonyl (C=O) groups excluding carboxylic acids is 3. The molecular formula is C22H33NO5. The predicted molar refractivity (Wildman–Crippen MR) is 108 cm³/mol. The van der Waals surface area contributed by atoms with E-state index in [4.69, 9.17) is 4.74 Å². The maximum absolute atomic E-state index is 12.0. The van der Waals surface area contributed by atoms with Gasteiger partial charge in [-0.3, -0.25) is 14.4 Å². The van der Waals surface area contributed by atoms with E-state index >= 15 is 0 Å². The molecule has 1 rings (SSSR count). The molecule has 0 aliphatic heterocycles. The van der Waals surface area contributed by atoms with E-state index in [9.17, 15) is 19.5 Å². The van der Waals surface area contributed by atoms with Gasteiger partial charge in [0.25, 0.3) is 5.91 Å². The summed E-state index contributed by atoms with van der Waals surface area (Å²) in [4.78, 5) is 32.9. The lowest BCUT2D eigenvalue weighted by atomic mass is 9.78. The Morgan fingerprint density at radius 3 is 2.07 bits per heavy atom. The maximum atomic E-state index is 12.0. The van der Waals surface area contributed by atoms with Crippen LogP contribution in [0.1, 0.15) is 71.1 Å². The molecule has 6 nitrogen and oxygen atoms in total. The van der Waals surface area contributed by atoms with Gasteiger partial charge in [0.1, 0.15) is 5.75 Å². The monoisotopic (exact) mass is 391 g/mol. The van der Waals surface area contributed by atoms with Crippen molar-refractivity contribution in [3.63, 3.8) is 0 Å². The Kier molecular flexibility index (Phi) is 8.21. The molecule has 0 fully saturated rings. The number of aryl methyl sites for hydroxylation is 1. The van der Waals surface area contributed by atoms with Gasteiger partial charge < -0.3 is 15.2 Å². The molecule has 0 aliphatic carbocycles. The SMILES string of the molecule is CC(C)(C)c1cc(CCC(=O)OCCCNC(=O)C=O)cc(C(C)(C)C)c1O. The fraction of sp³-hybridized carbons (Fsp3) is 0.591. The standard InChI is InChI=1S/C22H33NO5/c1-21(2,3)16-12-15(13-17(20(16)27)22(4,5)6)8-9-19(26)28-11-7-10-23-18(25)14-24/h12-14,27H,7-11H2,1-6H3,(H,23,25). The number of esters is 1. The summed E-state index contributed by atoms with van der Waals surface area (Å²) in [6.45, 7) is 12.8. The zero-order valence-electron chi connectivity index (χ0n) is 17.8. The van der Waals surface area contributed by atoms with Crippen LogP contribution in [0.4, 0.5) is 0 Å². The molecule has 0 atom stereocenters. The molecule has 2 N–H and O–H groups in total. The van der Waals surface area contributed by atoms with E-state index in [-0.39, 0.29) is 42.7 Å². The molecule has 156 valence electrons. The summed E-state index contributed by atoms with van der Waals surface area (Å²) in [6, 6.07) is 3.93. The van der Waals surface area contributed by atoms with Crippen molar-refractivity contribution in [2.24, 2.45) is 0 Å². The van der Waals surface area contributed by atoms with Gasteiger partial charge in [-0.25, -0.2) is 0 Å². The van der Waals surface area contributed by atoms with Crippen molar-refractivity contribution in [3.05, 3.63) is 28.8 Å². The van der Waals surface area contributed by atoms with E-state index in [1.807, 2.05) is 12.1 Å². The summed E-state index contributed by atoms with van der Waals surface area (Å²) in [7, 11) is 0. The molecule has 0 saturated carbocycles. The van der Waals surface area contributed by atoms with Crippen LogP contribution in [0.15, 0.2) is 12.1 Å². The van der Waals surface area contributed by atoms with Gasteiger partial charge in [-0.15, -0.1) is 0 Å². The molecule has 0 spiro atoms. The molecule has 0 aromatic heterocycles. The van der Waals surface area contributed by atoms with E-state index in [0.29, 0.717) is 18.6 Å². The lowest BCUT2D eigenvalue weighted by Gasteiger charge is -2.28. The molecule has 1 amide bonds. The summed E-state index contributed by atoms with van der Waals surface area (Å²) in [5, 5.41) is 13.1. The van der Waals surface area contributed by atoms with Crippen LogP contribution < -0.4 is 5.32 Å². The average molecular weight is 392 g/mol. The second kappa shape index (κ2) is 9.71. The van der Waals surface area contributed by atoms with Crippen molar-refractivity contribution >= 4 is 18.2 Å². The van der Waals surface area contributed by atoms with Crippen LogP contribution in [-0.4, -0.2) is 36.4 Å².